The molecule has 0 aliphatic heterocycles. The highest BCUT2D eigenvalue weighted by Gasteiger charge is 2.27. The Morgan fingerprint density at radius 2 is 1.66 bits per heavy atom. The highest BCUT2D eigenvalue weighted by atomic mass is 32.1. The van der Waals surface area contributed by atoms with Gasteiger partial charge < -0.3 is 36.3 Å². The minimum Gasteiger partial charge on any atom is -0.508 e. The molecular formula is C26H30N4O7S. The van der Waals surface area contributed by atoms with Crippen molar-refractivity contribution < 1.29 is 34.5 Å². The molecule has 0 fully saturated rings. The molecule has 0 unspecified atom stereocenters. The first kappa shape index (κ1) is 28.5. The number of aromatic amines is 1. The number of phenols is 1. The van der Waals surface area contributed by atoms with E-state index in [4.69, 9.17) is 0 Å². The van der Waals surface area contributed by atoms with E-state index >= 15 is 0 Å². The summed E-state index contributed by atoms with van der Waals surface area (Å²) in [5.41, 5.74) is 2.29. The lowest BCUT2D eigenvalue weighted by Gasteiger charge is -2.24. The third-order valence-corrected chi connectivity index (χ3v) is 6.28. The lowest BCUT2D eigenvalue weighted by molar-refractivity contribution is -0.141. The largest absolute Gasteiger partial charge is 0.508 e. The van der Waals surface area contributed by atoms with Crippen molar-refractivity contribution in [1.29, 1.82) is 0 Å². The van der Waals surface area contributed by atoms with Crippen LogP contribution in [0.15, 0.2) is 54.7 Å². The molecule has 0 bridgehead atoms. The Balaban J connectivity index is 1.72. The monoisotopic (exact) mass is 542 g/mol. The van der Waals surface area contributed by atoms with Crippen LogP contribution in [-0.4, -0.2) is 74.5 Å². The molecule has 2 aromatic carbocycles. The van der Waals surface area contributed by atoms with Gasteiger partial charge >= 0.3 is 11.9 Å². The molecule has 11 nitrogen and oxygen atoms in total. The number of carboxylic acids is 2. The molecule has 12 heteroatoms. The maximum absolute atomic E-state index is 13.1. The first-order valence-corrected chi connectivity index (χ1v) is 12.5. The number of rotatable bonds is 14. The minimum absolute atomic E-state index is 0.0146. The molecular weight excluding hydrogens is 512 g/mol. The number of phenolic OH excluding ortho intramolecular Hbond substituents is 1. The molecule has 38 heavy (non-hydrogen) atoms. The van der Waals surface area contributed by atoms with Gasteiger partial charge in [-0.1, -0.05) is 30.3 Å². The Bertz CT molecular complexity index is 1280. The van der Waals surface area contributed by atoms with Crippen LogP contribution in [0.1, 0.15) is 17.5 Å². The maximum atomic E-state index is 13.1. The zero-order valence-electron chi connectivity index (χ0n) is 20.4. The summed E-state index contributed by atoms with van der Waals surface area (Å²) in [5.74, 6) is -3.54. The summed E-state index contributed by atoms with van der Waals surface area (Å²) in [4.78, 5) is 51.8. The summed E-state index contributed by atoms with van der Waals surface area (Å²) in [7, 11) is 0. The minimum atomic E-state index is -1.35. The number of aromatic hydroxyl groups is 1. The fraction of sp³-hybridized carbons (Fsp3) is 0.308. The van der Waals surface area contributed by atoms with Gasteiger partial charge in [0, 0.05) is 35.4 Å². The van der Waals surface area contributed by atoms with Crippen LogP contribution in [0.5, 0.6) is 5.75 Å². The number of fused-ring (bicyclic) bond motifs is 1. The Kier molecular flexibility index (Phi) is 10.1. The molecule has 0 saturated carbocycles. The maximum Gasteiger partial charge on any atom is 0.321 e. The van der Waals surface area contributed by atoms with Gasteiger partial charge in [0.2, 0.25) is 11.8 Å². The lowest BCUT2D eigenvalue weighted by atomic mass is 10.0. The molecule has 0 radical (unpaired) electrons. The zero-order valence-corrected chi connectivity index (χ0v) is 21.3. The highest BCUT2D eigenvalue weighted by molar-refractivity contribution is 7.80. The number of amides is 2. The topological polar surface area (TPSA) is 181 Å². The third kappa shape index (κ3) is 8.25. The first-order chi connectivity index (χ1) is 18.2. The van der Waals surface area contributed by atoms with Crippen molar-refractivity contribution in [2.45, 2.75) is 37.4 Å². The molecule has 7 N–H and O–H groups in total. The van der Waals surface area contributed by atoms with E-state index in [-0.39, 0.29) is 30.9 Å². The Morgan fingerprint density at radius 1 is 0.947 bits per heavy atom. The summed E-state index contributed by atoms with van der Waals surface area (Å²) in [6.45, 7) is 0.0349. The highest BCUT2D eigenvalue weighted by Crippen LogP contribution is 2.18. The summed E-state index contributed by atoms with van der Waals surface area (Å²) >= 11 is 4.03. The molecule has 3 rings (SSSR count). The molecule has 1 heterocycles. The molecule has 0 spiro atoms. The Morgan fingerprint density at radius 3 is 2.32 bits per heavy atom. The number of carbonyl (C=O) groups is 4. The van der Waals surface area contributed by atoms with E-state index in [9.17, 15) is 34.5 Å². The van der Waals surface area contributed by atoms with Gasteiger partial charge in [0.1, 0.15) is 17.8 Å². The third-order valence-electron chi connectivity index (χ3n) is 5.91. The number of hydrogen-bond acceptors (Lipinski definition) is 7. The predicted molar refractivity (Wildman–Crippen MR) is 143 cm³/mol. The van der Waals surface area contributed by atoms with Gasteiger partial charge in [-0.25, -0.2) is 0 Å². The number of aliphatic carboxylic acids is 2. The fourth-order valence-electron chi connectivity index (χ4n) is 3.99. The molecule has 202 valence electrons. The van der Waals surface area contributed by atoms with Gasteiger partial charge in [-0.15, -0.1) is 0 Å². The van der Waals surface area contributed by atoms with Crippen LogP contribution in [0.2, 0.25) is 0 Å². The summed E-state index contributed by atoms with van der Waals surface area (Å²) in [6, 6.07) is 10.7. The molecule has 1 aromatic heterocycles. The molecule has 0 saturated heterocycles. The lowest BCUT2D eigenvalue weighted by Crippen LogP contribution is -2.54. The summed E-state index contributed by atoms with van der Waals surface area (Å²) in [5, 5.41) is 37.1. The summed E-state index contributed by atoms with van der Waals surface area (Å²) in [6.07, 6.45) is 1.24. The van der Waals surface area contributed by atoms with Crippen LogP contribution in [0.3, 0.4) is 0 Å². The van der Waals surface area contributed by atoms with Gasteiger partial charge in [0.05, 0.1) is 12.8 Å². The molecule has 0 aliphatic carbocycles. The second-order valence-electron chi connectivity index (χ2n) is 8.81. The quantitative estimate of drug-likeness (QED) is 0.139. The molecule has 0 aliphatic rings. The zero-order chi connectivity index (χ0) is 27.7. The van der Waals surface area contributed by atoms with E-state index in [2.05, 4.69) is 33.6 Å². The van der Waals surface area contributed by atoms with Crippen LogP contribution in [0, 0.1) is 0 Å². The van der Waals surface area contributed by atoms with Gasteiger partial charge in [-0.2, -0.15) is 12.6 Å². The smallest absolute Gasteiger partial charge is 0.321 e. The molecule has 2 amide bonds. The second-order valence-corrected chi connectivity index (χ2v) is 9.18. The number of aromatic nitrogens is 1. The van der Waals surface area contributed by atoms with Crippen LogP contribution in [0.4, 0.5) is 0 Å². The summed E-state index contributed by atoms with van der Waals surface area (Å²) < 4.78 is 0. The number of para-hydroxylation sites is 1. The van der Waals surface area contributed by atoms with Crippen molar-refractivity contribution in [3.05, 3.63) is 65.9 Å². The van der Waals surface area contributed by atoms with Crippen molar-refractivity contribution in [2.24, 2.45) is 0 Å². The van der Waals surface area contributed by atoms with E-state index in [1.165, 1.54) is 12.1 Å². The van der Waals surface area contributed by atoms with Gasteiger partial charge in [-0.05, 0) is 35.7 Å². The van der Waals surface area contributed by atoms with E-state index < -0.39 is 48.3 Å². The predicted octanol–water partition coefficient (Wildman–Crippen LogP) is 1.08. The number of benzene rings is 2. The number of hydrogen-bond donors (Lipinski definition) is 8. The first-order valence-electron chi connectivity index (χ1n) is 11.9. The van der Waals surface area contributed by atoms with E-state index in [1.807, 2.05) is 24.3 Å². The van der Waals surface area contributed by atoms with Crippen LogP contribution in [0.25, 0.3) is 10.9 Å². The molecule has 3 atom stereocenters. The van der Waals surface area contributed by atoms with E-state index in [0.29, 0.717) is 5.56 Å². The number of thiol groups is 1. The normalized spacial score (nSPS) is 13.4. The van der Waals surface area contributed by atoms with Crippen LogP contribution < -0.4 is 16.0 Å². The average Bonchev–Trinajstić information content (AvgIpc) is 3.27. The second kappa shape index (κ2) is 13.5. The van der Waals surface area contributed by atoms with E-state index in [1.54, 1.807) is 18.3 Å². The van der Waals surface area contributed by atoms with E-state index in [0.717, 1.165) is 16.5 Å². The van der Waals surface area contributed by atoms with Gasteiger partial charge in [0.15, 0.2) is 0 Å². The number of carboxylic acid groups (broad SMARTS) is 2. The average molecular weight is 543 g/mol. The molecule has 3 aromatic rings. The van der Waals surface area contributed by atoms with Crippen LogP contribution in [-0.2, 0) is 32.0 Å². The standard InChI is InChI=1S/C26H30N4O7S/c31-18-7-5-15(6-8-18)9-17(13-28-22(14-38)26(36)37)29-25(35)21(11-24(33)34)30-23(32)10-16-12-27-20-4-2-1-3-19(16)20/h1-8,12,17,21-22,27-28,31,38H,9-11,13-14H2,(H,29,35)(H,30,32)(H,33,34)(H,36,37)/t17-,21-,22-/m0/s1. The van der Waals surface area contributed by atoms with Crippen LogP contribution >= 0.6 is 12.6 Å². The van der Waals surface area contributed by atoms with Crippen molar-refractivity contribution in [2.75, 3.05) is 12.3 Å². The Hall–Kier alpha value is -4.03. The fourth-order valence-corrected chi connectivity index (χ4v) is 4.27. The SMILES string of the molecule is O=C(O)C[C@H](NC(=O)Cc1c[nH]c2ccccc12)C(=O)N[C@H](CN[C@@H](CS)C(=O)O)Cc1ccc(O)cc1. The number of H-pyrrole nitrogens is 1. The van der Waals surface area contributed by atoms with Gasteiger partial charge in [-0.3, -0.25) is 19.2 Å². The van der Waals surface area contributed by atoms with Crippen molar-refractivity contribution in [1.82, 2.24) is 20.9 Å². The number of nitrogens with one attached hydrogen (secondary N) is 4. The van der Waals surface area contributed by atoms with Crippen molar-refractivity contribution >= 4 is 47.3 Å². The van der Waals surface area contributed by atoms with Crippen molar-refractivity contribution in [3.8, 4) is 5.75 Å². The Labute approximate surface area is 224 Å². The van der Waals surface area contributed by atoms with Crippen molar-refractivity contribution in [3.63, 3.8) is 0 Å². The van der Waals surface area contributed by atoms with Gasteiger partial charge in [0.25, 0.3) is 0 Å². The number of carbonyl (C=O) groups excluding carboxylic acids is 2.